The maximum Gasteiger partial charge on any atom is 0.243 e. The zero-order valence-electron chi connectivity index (χ0n) is 24.9. The molecule has 0 radical (unpaired) electrons. The predicted molar refractivity (Wildman–Crippen MR) is 147 cm³/mol. The van der Waals surface area contributed by atoms with E-state index in [1.165, 1.54) is 12.5 Å². The van der Waals surface area contributed by atoms with E-state index < -0.39 is 5.41 Å². The highest BCUT2D eigenvalue weighted by molar-refractivity contribution is 5.95. The van der Waals surface area contributed by atoms with Gasteiger partial charge in [0.05, 0.1) is 6.04 Å². The molecule has 212 valence electrons. The number of primary amides is 1. The molecule has 3 N–H and O–H groups in total. The van der Waals surface area contributed by atoms with Crippen LogP contribution in [0.2, 0.25) is 0 Å². The fourth-order valence-corrected chi connectivity index (χ4v) is 11.0. The summed E-state index contributed by atoms with van der Waals surface area (Å²) in [6, 6.07) is -0.244. The molecule has 0 spiro atoms. The van der Waals surface area contributed by atoms with E-state index in [-0.39, 0.29) is 68.5 Å². The maximum absolute atomic E-state index is 14.4. The number of amides is 2. The first-order chi connectivity index (χ1) is 17.4. The number of fused-ring (bicyclic) bond motifs is 7. The van der Waals surface area contributed by atoms with Crippen molar-refractivity contribution in [2.75, 3.05) is 0 Å². The monoisotopic (exact) mass is 526 g/mol. The molecule has 5 aliphatic rings. The molecule has 4 unspecified atom stereocenters. The van der Waals surface area contributed by atoms with Crippen molar-refractivity contribution in [3.63, 3.8) is 0 Å². The lowest BCUT2D eigenvalue weighted by atomic mass is 9.33. The lowest BCUT2D eigenvalue weighted by Crippen LogP contribution is -2.67. The number of nitrogens with zero attached hydrogens (tertiary/aromatic N) is 1. The molecule has 0 aromatic rings. The number of rotatable bonds is 2. The first kappa shape index (κ1) is 27.9. The molecule has 4 saturated carbocycles. The molecular formula is C32H50N2O4. The third-order valence-corrected chi connectivity index (χ3v) is 13.8. The van der Waals surface area contributed by atoms with E-state index in [4.69, 9.17) is 5.73 Å². The quantitative estimate of drug-likeness (QED) is 0.337. The minimum atomic E-state index is -0.525. The van der Waals surface area contributed by atoms with Crippen LogP contribution in [0.25, 0.3) is 0 Å². The van der Waals surface area contributed by atoms with Crippen molar-refractivity contribution >= 4 is 17.6 Å². The van der Waals surface area contributed by atoms with Gasteiger partial charge in [0.2, 0.25) is 11.8 Å². The summed E-state index contributed by atoms with van der Waals surface area (Å²) < 4.78 is 0. The number of nitrogens with two attached hydrogens (primary N) is 1. The highest BCUT2D eigenvalue weighted by Gasteiger charge is 2.70. The Morgan fingerprint density at radius 2 is 1.58 bits per heavy atom. The molecule has 0 saturated heterocycles. The normalized spacial score (nSPS) is 49.5. The first-order valence-corrected chi connectivity index (χ1v) is 14.9. The van der Waals surface area contributed by atoms with Gasteiger partial charge in [0.1, 0.15) is 0 Å². The standard InChI is InChI=1S/C32H50N2O4/c1-19(35)34(38)24-10-11-30(6)23(27(24,2)3)9-12-32(8)25(30)22(36)17-20-21-18-29(5,26(33)37)14-13-28(21,4)15-16-31(20,32)7/h17,21,23-25,38H,9-16,18H2,1-8H3,(H2,33,37)/t21-,23?,24?,25?,28-,29?,30+,31-,32-/m1/s1. The highest BCUT2D eigenvalue weighted by Crippen LogP contribution is 2.75. The molecule has 38 heavy (non-hydrogen) atoms. The van der Waals surface area contributed by atoms with Gasteiger partial charge in [-0.3, -0.25) is 19.6 Å². The summed E-state index contributed by atoms with van der Waals surface area (Å²) in [5.41, 5.74) is 5.99. The van der Waals surface area contributed by atoms with Crippen molar-refractivity contribution in [3.8, 4) is 0 Å². The van der Waals surface area contributed by atoms with Crippen molar-refractivity contribution in [2.45, 2.75) is 119 Å². The molecular weight excluding hydrogens is 476 g/mol. The molecule has 2 amide bonds. The van der Waals surface area contributed by atoms with Gasteiger partial charge >= 0.3 is 0 Å². The maximum atomic E-state index is 14.4. The number of hydroxylamine groups is 2. The second-order valence-corrected chi connectivity index (χ2v) is 15.9. The fourth-order valence-electron chi connectivity index (χ4n) is 11.0. The Bertz CT molecular complexity index is 1110. The van der Waals surface area contributed by atoms with Crippen molar-refractivity contribution < 1.29 is 19.6 Å². The van der Waals surface area contributed by atoms with Crippen LogP contribution in [0.1, 0.15) is 113 Å². The van der Waals surface area contributed by atoms with E-state index in [0.29, 0.717) is 6.42 Å². The molecule has 6 nitrogen and oxygen atoms in total. The van der Waals surface area contributed by atoms with Crippen LogP contribution in [-0.2, 0) is 14.4 Å². The van der Waals surface area contributed by atoms with Gasteiger partial charge in [0.15, 0.2) is 5.78 Å². The molecule has 0 heterocycles. The zero-order valence-corrected chi connectivity index (χ0v) is 24.9. The number of hydrogen-bond donors (Lipinski definition) is 2. The average molecular weight is 527 g/mol. The van der Waals surface area contributed by atoms with Crippen LogP contribution in [0.15, 0.2) is 11.6 Å². The van der Waals surface area contributed by atoms with E-state index in [2.05, 4.69) is 41.5 Å². The largest absolute Gasteiger partial charge is 0.369 e. The van der Waals surface area contributed by atoms with E-state index in [1.807, 2.05) is 13.0 Å². The molecule has 5 rings (SSSR count). The molecule has 9 atom stereocenters. The zero-order chi connectivity index (χ0) is 28.3. The lowest BCUT2D eigenvalue weighted by Gasteiger charge is -2.70. The van der Waals surface area contributed by atoms with Crippen molar-refractivity contribution in [3.05, 3.63) is 11.6 Å². The Morgan fingerprint density at radius 1 is 0.947 bits per heavy atom. The van der Waals surface area contributed by atoms with Gasteiger partial charge in [-0.2, -0.15) is 0 Å². The van der Waals surface area contributed by atoms with Crippen LogP contribution in [0.4, 0.5) is 0 Å². The van der Waals surface area contributed by atoms with Crippen LogP contribution in [0, 0.1) is 50.2 Å². The lowest BCUT2D eigenvalue weighted by molar-refractivity contribution is -0.228. The molecule has 4 fully saturated rings. The summed E-state index contributed by atoms with van der Waals surface area (Å²) >= 11 is 0. The Morgan fingerprint density at radius 3 is 2.18 bits per heavy atom. The Hall–Kier alpha value is -1.69. The van der Waals surface area contributed by atoms with E-state index in [1.54, 1.807) is 0 Å². The van der Waals surface area contributed by atoms with Gasteiger partial charge in [-0.1, -0.05) is 54.0 Å². The van der Waals surface area contributed by atoms with Crippen molar-refractivity contribution in [2.24, 2.45) is 56.0 Å². The van der Waals surface area contributed by atoms with Gasteiger partial charge in [-0.15, -0.1) is 0 Å². The van der Waals surface area contributed by atoms with Crippen LogP contribution in [0.5, 0.6) is 0 Å². The second-order valence-electron chi connectivity index (χ2n) is 15.9. The molecule has 5 aliphatic carbocycles. The molecule has 0 aromatic carbocycles. The van der Waals surface area contributed by atoms with E-state index in [0.717, 1.165) is 56.4 Å². The number of carbonyl (C=O) groups is 3. The predicted octanol–water partition coefficient (Wildman–Crippen LogP) is 6.06. The topological polar surface area (TPSA) is 101 Å². The number of hydrogen-bond acceptors (Lipinski definition) is 4. The van der Waals surface area contributed by atoms with Gasteiger partial charge in [0, 0.05) is 18.3 Å². The molecule has 0 aliphatic heterocycles. The van der Waals surface area contributed by atoms with E-state index in [9.17, 15) is 19.6 Å². The highest BCUT2D eigenvalue weighted by atomic mass is 16.5. The van der Waals surface area contributed by atoms with Crippen molar-refractivity contribution in [1.82, 2.24) is 5.06 Å². The van der Waals surface area contributed by atoms with Gasteiger partial charge in [-0.25, -0.2) is 5.06 Å². The van der Waals surface area contributed by atoms with Crippen molar-refractivity contribution in [1.29, 1.82) is 0 Å². The van der Waals surface area contributed by atoms with Crippen LogP contribution in [0.3, 0.4) is 0 Å². The van der Waals surface area contributed by atoms with Gasteiger partial charge in [0.25, 0.3) is 0 Å². The summed E-state index contributed by atoms with van der Waals surface area (Å²) in [5.74, 6) is 0.0542. The third kappa shape index (κ3) is 3.37. The summed E-state index contributed by atoms with van der Waals surface area (Å²) in [6.45, 7) is 17.3. The molecule has 0 aromatic heterocycles. The van der Waals surface area contributed by atoms with E-state index >= 15 is 0 Å². The third-order valence-electron chi connectivity index (χ3n) is 13.8. The first-order valence-electron chi connectivity index (χ1n) is 14.9. The smallest absolute Gasteiger partial charge is 0.243 e. The summed E-state index contributed by atoms with van der Waals surface area (Å²) in [4.78, 5) is 39.1. The fraction of sp³-hybridized carbons (Fsp3) is 0.844. The van der Waals surface area contributed by atoms with Gasteiger partial charge < -0.3 is 5.73 Å². The SMILES string of the molecule is CC(=O)N(O)C1CC[C@@]2(C)C(CC[C@]3(C)C2C(=O)C=C2[C@H]4CC(C)(C(N)=O)CC[C@]4(C)CC[C@]23C)C1(C)C. The number of carbonyl (C=O) groups excluding carboxylic acids is 3. The summed E-state index contributed by atoms with van der Waals surface area (Å²) in [6.07, 6.45) is 10.2. The van der Waals surface area contributed by atoms with Crippen LogP contribution < -0.4 is 5.73 Å². The van der Waals surface area contributed by atoms with Crippen LogP contribution in [-0.4, -0.2) is 33.9 Å². The Balaban J connectivity index is 1.58. The average Bonchev–Trinajstić information content (AvgIpc) is 2.80. The Kier molecular flexibility index (Phi) is 5.99. The molecule has 6 heteroatoms. The minimum absolute atomic E-state index is 0.0948. The Labute approximate surface area is 229 Å². The molecule has 0 bridgehead atoms. The van der Waals surface area contributed by atoms with Crippen LogP contribution >= 0.6 is 0 Å². The number of ketones is 1. The second kappa shape index (κ2) is 8.17. The minimum Gasteiger partial charge on any atom is -0.369 e. The van der Waals surface area contributed by atoms with Gasteiger partial charge in [-0.05, 0) is 103 Å². The number of allylic oxidation sites excluding steroid dienone is 2. The summed E-state index contributed by atoms with van der Waals surface area (Å²) in [5, 5.41) is 11.6. The summed E-state index contributed by atoms with van der Waals surface area (Å²) in [7, 11) is 0.